The molecule has 0 spiro atoms. The Kier molecular flexibility index (Phi) is 5.67. The van der Waals surface area contributed by atoms with E-state index in [2.05, 4.69) is 20.6 Å². The summed E-state index contributed by atoms with van der Waals surface area (Å²) < 4.78 is 10.8. The molecule has 2 heterocycles. The predicted octanol–water partition coefficient (Wildman–Crippen LogP) is 2.73. The maximum absolute atomic E-state index is 12.5. The minimum atomic E-state index is -0.578. The summed E-state index contributed by atoms with van der Waals surface area (Å²) in [5.74, 6) is -0.00887. The molecule has 9 heteroatoms. The number of hydrogen-bond acceptors (Lipinski definition) is 7. The average Bonchev–Trinajstić information content (AvgIpc) is 3.07. The van der Waals surface area contributed by atoms with Gasteiger partial charge in [-0.25, -0.2) is 9.78 Å². The van der Waals surface area contributed by atoms with E-state index in [1.165, 1.54) is 0 Å². The highest BCUT2D eigenvalue weighted by Crippen LogP contribution is 2.26. The van der Waals surface area contributed by atoms with Crippen LogP contribution in [0.1, 0.15) is 31.1 Å². The molecule has 0 bridgehead atoms. The lowest BCUT2D eigenvalue weighted by Crippen LogP contribution is -2.37. The molecule has 0 atom stereocenters. The maximum atomic E-state index is 12.5. The zero-order chi connectivity index (χ0) is 21.0. The molecule has 2 amide bonds. The molecule has 0 radical (unpaired) electrons. The van der Waals surface area contributed by atoms with Crippen molar-refractivity contribution < 1.29 is 18.7 Å². The summed E-state index contributed by atoms with van der Waals surface area (Å²) in [5, 5.41) is 5.30. The van der Waals surface area contributed by atoms with Gasteiger partial charge in [0.15, 0.2) is 11.2 Å². The Bertz CT molecular complexity index is 1010. The van der Waals surface area contributed by atoms with Crippen molar-refractivity contribution in [2.45, 2.75) is 26.4 Å². The molecule has 152 valence electrons. The fourth-order valence-corrected chi connectivity index (χ4v) is 2.56. The largest absolute Gasteiger partial charge is 0.444 e. The number of anilines is 1. The highest BCUT2D eigenvalue weighted by Gasteiger charge is 2.16. The lowest BCUT2D eigenvalue weighted by molar-refractivity contribution is 0.0526. The number of fused-ring (bicyclic) bond motifs is 1. The molecule has 0 unspecified atom stereocenters. The van der Waals surface area contributed by atoms with Crippen molar-refractivity contribution in [3.8, 4) is 11.5 Å². The molecule has 4 N–H and O–H groups in total. The van der Waals surface area contributed by atoms with Crippen LogP contribution in [0.5, 0.6) is 0 Å². The fraction of sp³-hybridized carbons (Fsp3) is 0.300. The number of hydrogen-bond donors (Lipinski definition) is 3. The smallest absolute Gasteiger partial charge is 0.407 e. The number of pyridine rings is 1. The summed E-state index contributed by atoms with van der Waals surface area (Å²) in [4.78, 5) is 32.5. The van der Waals surface area contributed by atoms with E-state index in [4.69, 9.17) is 14.9 Å². The van der Waals surface area contributed by atoms with E-state index in [0.29, 0.717) is 33.9 Å². The second-order valence-electron chi connectivity index (χ2n) is 7.37. The number of carbonyl (C=O) groups excluding carboxylic acids is 2. The lowest BCUT2D eigenvalue weighted by atomic mass is 10.1. The maximum Gasteiger partial charge on any atom is 0.407 e. The van der Waals surface area contributed by atoms with Gasteiger partial charge in [-0.15, -0.1) is 0 Å². The molecule has 0 fully saturated rings. The fourth-order valence-electron chi connectivity index (χ4n) is 2.56. The summed E-state index contributed by atoms with van der Waals surface area (Å²) in [6, 6.07) is 8.38. The number of nitrogen functional groups attached to an aromatic ring is 1. The molecular formula is C20H23N5O4. The van der Waals surface area contributed by atoms with Crippen LogP contribution in [-0.4, -0.2) is 40.7 Å². The Hall–Kier alpha value is -3.62. The molecule has 2 aromatic heterocycles. The number of oxazole rings is 1. The zero-order valence-corrected chi connectivity index (χ0v) is 16.5. The van der Waals surface area contributed by atoms with Crippen LogP contribution in [0, 0.1) is 0 Å². The molecule has 0 saturated heterocycles. The number of nitrogens with zero attached hydrogens (tertiary/aromatic N) is 2. The van der Waals surface area contributed by atoms with E-state index in [-0.39, 0.29) is 19.0 Å². The van der Waals surface area contributed by atoms with E-state index >= 15 is 0 Å². The van der Waals surface area contributed by atoms with Crippen LogP contribution in [-0.2, 0) is 4.74 Å². The molecule has 3 rings (SSSR count). The number of aromatic nitrogens is 2. The number of nitrogens with two attached hydrogens (primary N) is 1. The van der Waals surface area contributed by atoms with Crippen molar-refractivity contribution in [3.63, 3.8) is 0 Å². The number of benzene rings is 1. The van der Waals surface area contributed by atoms with Crippen molar-refractivity contribution in [1.82, 2.24) is 20.6 Å². The first kappa shape index (κ1) is 20.1. The van der Waals surface area contributed by atoms with Crippen molar-refractivity contribution in [2.75, 3.05) is 18.8 Å². The molecule has 29 heavy (non-hydrogen) atoms. The topological polar surface area (TPSA) is 132 Å². The second-order valence-corrected chi connectivity index (χ2v) is 7.37. The monoisotopic (exact) mass is 397 g/mol. The summed E-state index contributed by atoms with van der Waals surface area (Å²) in [6.07, 6.45) is 1.08. The molecule has 9 nitrogen and oxygen atoms in total. The predicted molar refractivity (Wildman–Crippen MR) is 108 cm³/mol. The lowest BCUT2D eigenvalue weighted by Gasteiger charge is -2.19. The van der Waals surface area contributed by atoms with Gasteiger partial charge in [0.25, 0.3) is 5.91 Å². The molecule has 0 aliphatic carbocycles. The van der Waals surface area contributed by atoms with Crippen LogP contribution in [0.15, 0.2) is 40.9 Å². The minimum absolute atomic E-state index is 0.229. The SMILES string of the molecule is CC(C)(C)OC(=O)NCCNC(=O)c1cc(N)cc(-c2nc3ncccc3o2)c1. The van der Waals surface area contributed by atoms with Crippen molar-refractivity contribution in [1.29, 1.82) is 0 Å². The number of carbonyl (C=O) groups is 2. The standard InChI is InChI=1S/C20H23N5O4/c1-20(2,3)29-19(27)24-8-7-23-17(26)12-9-13(11-14(21)10-12)18-25-16-15(28-18)5-4-6-22-16/h4-6,9-11H,7-8,21H2,1-3H3,(H,23,26)(H,24,27). The van der Waals surface area contributed by atoms with E-state index in [0.717, 1.165) is 0 Å². The Morgan fingerprint density at radius 2 is 1.93 bits per heavy atom. The molecule has 0 saturated carbocycles. The van der Waals surface area contributed by atoms with Crippen molar-refractivity contribution >= 4 is 28.9 Å². The normalized spacial score (nSPS) is 11.3. The van der Waals surface area contributed by atoms with E-state index in [1.807, 2.05) is 0 Å². The number of ether oxygens (including phenoxy) is 1. The van der Waals surface area contributed by atoms with E-state index in [9.17, 15) is 9.59 Å². The van der Waals surface area contributed by atoms with Crippen LogP contribution in [0.2, 0.25) is 0 Å². The Balaban J connectivity index is 1.63. The van der Waals surface area contributed by atoms with Gasteiger partial charge in [0.2, 0.25) is 5.89 Å². The molecule has 1 aromatic carbocycles. The van der Waals surface area contributed by atoms with Gasteiger partial charge in [0.1, 0.15) is 5.60 Å². The van der Waals surface area contributed by atoms with Crippen LogP contribution in [0.4, 0.5) is 10.5 Å². The summed E-state index contributed by atoms with van der Waals surface area (Å²) >= 11 is 0. The highest BCUT2D eigenvalue weighted by atomic mass is 16.6. The summed E-state index contributed by atoms with van der Waals surface area (Å²) in [6.45, 7) is 5.79. The van der Waals surface area contributed by atoms with Crippen LogP contribution < -0.4 is 16.4 Å². The number of alkyl carbamates (subject to hydrolysis) is 1. The Morgan fingerprint density at radius 1 is 1.17 bits per heavy atom. The molecule has 0 aliphatic rings. The van der Waals surface area contributed by atoms with E-state index < -0.39 is 11.7 Å². The third-order valence-electron chi connectivity index (χ3n) is 3.71. The molecule has 0 aliphatic heterocycles. The Labute approximate surface area is 167 Å². The molecular weight excluding hydrogens is 374 g/mol. The quantitative estimate of drug-likeness (QED) is 0.445. The molecule has 3 aromatic rings. The zero-order valence-electron chi connectivity index (χ0n) is 16.5. The van der Waals surface area contributed by atoms with Gasteiger partial charge in [-0.05, 0) is 51.1 Å². The number of amides is 2. The Morgan fingerprint density at radius 3 is 2.66 bits per heavy atom. The third kappa shape index (κ3) is 5.44. The number of nitrogens with one attached hydrogen (secondary N) is 2. The third-order valence-corrected chi connectivity index (χ3v) is 3.71. The van der Waals surface area contributed by atoms with Crippen LogP contribution in [0.3, 0.4) is 0 Å². The van der Waals surface area contributed by atoms with Crippen molar-refractivity contribution in [2.24, 2.45) is 0 Å². The number of rotatable bonds is 5. The van der Waals surface area contributed by atoms with Gasteiger partial charge in [0, 0.05) is 36.1 Å². The van der Waals surface area contributed by atoms with Gasteiger partial charge in [0.05, 0.1) is 0 Å². The first-order chi connectivity index (χ1) is 13.7. The highest BCUT2D eigenvalue weighted by molar-refractivity contribution is 5.96. The second kappa shape index (κ2) is 8.17. The first-order valence-electron chi connectivity index (χ1n) is 9.09. The van der Waals surface area contributed by atoms with Gasteiger partial charge in [-0.2, -0.15) is 4.98 Å². The average molecular weight is 397 g/mol. The van der Waals surface area contributed by atoms with Crippen LogP contribution >= 0.6 is 0 Å². The minimum Gasteiger partial charge on any atom is -0.444 e. The van der Waals surface area contributed by atoms with E-state index in [1.54, 1.807) is 57.3 Å². The van der Waals surface area contributed by atoms with Gasteiger partial charge in [-0.1, -0.05) is 0 Å². The first-order valence-corrected chi connectivity index (χ1v) is 9.09. The van der Waals surface area contributed by atoms with Gasteiger partial charge in [-0.3, -0.25) is 4.79 Å². The van der Waals surface area contributed by atoms with Gasteiger partial charge < -0.3 is 25.5 Å². The van der Waals surface area contributed by atoms with Gasteiger partial charge >= 0.3 is 6.09 Å². The summed E-state index contributed by atoms with van der Waals surface area (Å²) in [7, 11) is 0. The van der Waals surface area contributed by atoms with Crippen LogP contribution in [0.25, 0.3) is 22.7 Å². The summed E-state index contributed by atoms with van der Waals surface area (Å²) in [5.41, 5.74) is 7.71. The van der Waals surface area contributed by atoms with Crippen molar-refractivity contribution in [3.05, 3.63) is 42.1 Å².